The number of alkyl halides is 3. The Bertz CT molecular complexity index is 878. The van der Waals surface area contributed by atoms with Crippen molar-refractivity contribution in [2.45, 2.75) is 38.5 Å². The topological polar surface area (TPSA) is 84.1 Å². The Hall–Kier alpha value is -2.75. The average Bonchev–Trinajstić information content (AvgIpc) is 3.28. The maximum Gasteiger partial charge on any atom is 0.416 e. The van der Waals surface area contributed by atoms with E-state index in [0.29, 0.717) is 23.5 Å². The molecule has 2 aromatic rings. The van der Waals surface area contributed by atoms with Gasteiger partial charge in [0, 0.05) is 12.6 Å². The van der Waals surface area contributed by atoms with Crippen LogP contribution in [0.2, 0.25) is 0 Å². The molecule has 1 aliphatic heterocycles. The van der Waals surface area contributed by atoms with Gasteiger partial charge in [0.2, 0.25) is 5.91 Å². The number of aliphatic hydroxyl groups is 1. The molecule has 150 valence electrons. The number of amides is 1. The fourth-order valence-electron chi connectivity index (χ4n) is 3.20. The molecule has 0 bridgehead atoms. The van der Waals surface area contributed by atoms with E-state index >= 15 is 0 Å². The second-order valence-corrected chi connectivity index (χ2v) is 6.62. The summed E-state index contributed by atoms with van der Waals surface area (Å²) >= 11 is 0. The molecule has 1 aromatic carbocycles. The predicted octanol–water partition coefficient (Wildman–Crippen LogP) is 2.05. The fraction of sp³-hybridized carbons (Fsp3) is 0.444. The summed E-state index contributed by atoms with van der Waals surface area (Å²) in [5.41, 5.74) is -0.0184. The zero-order valence-electron chi connectivity index (χ0n) is 15.2. The molecule has 0 aliphatic carbocycles. The van der Waals surface area contributed by atoms with Crippen LogP contribution in [0.1, 0.15) is 35.4 Å². The van der Waals surface area contributed by atoms with Gasteiger partial charge in [0.05, 0.1) is 24.8 Å². The molecule has 28 heavy (non-hydrogen) atoms. The smallest absolute Gasteiger partial charge is 0.394 e. The normalized spacial score (nSPS) is 17.6. The van der Waals surface area contributed by atoms with Gasteiger partial charge in [-0.2, -0.15) is 18.0 Å². The van der Waals surface area contributed by atoms with Crippen LogP contribution in [-0.2, 0) is 17.5 Å². The first-order valence-corrected chi connectivity index (χ1v) is 8.82. The molecule has 2 heterocycles. The molecule has 3 rings (SSSR count). The van der Waals surface area contributed by atoms with Gasteiger partial charge >= 0.3 is 6.18 Å². The molecule has 1 fully saturated rings. The second-order valence-electron chi connectivity index (χ2n) is 6.62. The first-order valence-electron chi connectivity index (χ1n) is 8.82. The SMILES string of the molecule is Cc1nnn(Cc2cc(C(F)(F)F)ccc2C=CC(=O)N2CCC[C@H]2CO)n1. The highest BCUT2D eigenvalue weighted by Gasteiger charge is 2.31. The summed E-state index contributed by atoms with van der Waals surface area (Å²) in [4.78, 5) is 15.2. The van der Waals surface area contributed by atoms with Gasteiger partial charge in [0.1, 0.15) is 0 Å². The standard InChI is InChI=1S/C18H20F3N5O2/c1-12-22-24-26(23-12)10-14-9-15(18(19,20)21)6-4-13(14)5-7-17(28)25-8-2-3-16(25)11-27/h4-7,9,16,27H,2-3,8,10-11H2,1H3/t16-/m0/s1. The second kappa shape index (κ2) is 8.09. The number of tetrazole rings is 1. The van der Waals surface area contributed by atoms with Crippen molar-refractivity contribution in [2.24, 2.45) is 0 Å². The minimum absolute atomic E-state index is 0.0123. The van der Waals surface area contributed by atoms with Crippen LogP contribution in [0.15, 0.2) is 24.3 Å². The first kappa shape index (κ1) is 20.0. The summed E-state index contributed by atoms with van der Waals surface area (Å²) in [6.07, 6.45) is -0.135. The lowest BCUT2D eigenvalue weighted by molar-refractivity contribution is -0.137. The molecular weight excluding hydrogens is 375 g/mol. The lowest BCUT2D eigenvalue weighted by atomic mass is 10.0. The summed E-state index contributed by atoms with van der Waals surface area (Å²) in [6.45, 7) is 2.06. The van der Waals surface area contributed by atoms with Gasteiger partial charge in [0.15, 0.2) is 5.82 Å². The monoisotopic (exact) mass is 395 g/mol. The van der Waals surface area contributed by atoms with E-state index in [-0.39, 0.29) is 25.1 Å². The molecule has 10 heteroatoms. The molecule has 0 spiro atoms. The fourth-order valence-corrected chi connectivity index (χ4v) is 3.20. The zero-order valence-corrected chi connectivity index (χ0v) is 15.2. The Kier molecular flexibility index (Phi) is 5.78. The van der Waals surface area contributed by atoms with Crippen molar-refractivity contribution in [3.63, 3.8) is 0 Å². The number of aromatic nitrogens is 4. The van der Waals surface area contributed by atoms with Crippen LogP contribution in [0.25, 0.3) is 6.08 Å². The highest BCUT2D eigenvalue weighted by Crippen LogP contribution is 2.31. The maximum atomic E-state index is 13.1. The highest BCUT2D eigenvalue weighted by atomic mass is 19.4. The van der Waals surface area contributed by atoms with E-state index in [2.05, 4.69) is 15.4 Å². The number of nitrogens with zero attached hydrogens (tertiary/aromatic N) is 5. The largest absolute Gasteiger partial charge is 0.416 e. The number of carbonyl (C=O) groups excluding carboxylic acids is 1. The maximum absolute atomic E-state index is 13.1. The Morgan fingerprint density at radius 2 is 2.18 bits per heavy atom. The number of aryl methyl sites for hydroxylation is 1. The number of rotatable bonds is 5. The van der Waals surface area contributed by atoms with Crippen molar-refractivity contribution in [3.05, 3.63) is 46.8 Å². The highest BCUT2D eigenvalue weighted by molar-refractivity contribution is 5.92. The lowest BCUT2D eigenvalue weighted by Crippen LogP contribution is -2.36. The van der Waals surface area contributed by atoms with Gasteiger partial charge in [-0.05, 0) is 54.3 Å². The van der Waals surface area contributed by atoms with E-state index in [1.165, 1.54) is 23.0 Å². The summed E-state index contributed by atoms with van der Waals surface area (Å²) in [5.74, 6) is 0.125. The first-order chi connectivity index (χ1) is 13.3. The van der Waals surface area contributed by atoms with Crippen molar-refractivity contribution in [1.29, 1.82) is 0 Å². The molecule has 0 saturated carbocycles. The van der Waals surface area contributed by atoms with Crippen molar-refractivity contribution >= 4 is 12.0 Å². The molecule has 1 aliphatic rings. The van der Waals surface area contributed by atoms with Crippen LogP contribution in [0.4, 0.5) is 13.2 Å². The van der Waals surface area contributed by atoms with E-state index in [1.807, 2.05) is 0 Å². The molecule has 1 atom stereocenters. The number of hydrogen-bond acceptors (Lipinski definition) is 5. The van der Waals surface area contributed by atoms with Crippen molar-refractivity contribution in [1.82, 2.24) is 25.1 Å². The summed E-state index contributed by atoms with van der Waals surface area (Å²) in [6, 6.07) is 3.10. The zero-order chi connectivity index (χ0) is 20.3. The van der Waals surface area contributed by atoms with E-state index < -0.39 is 11.7 Å². The molecule has 1 amide bonds. The van der Waals surface area contributed by atoms with Crippen molar-refractivity contribution < 1.29 is 23.1 Å². The third kappa shape index (κ3) is 4.56. The lowest BCUT2D eigenvalue weighted by Gasteiger charge is -2.21. The quantitative estimate of drug-likeness (QED) is 0.784. The van der Waals surface area contributed by atoms with E-state index in [0.717, 1.165) is 25.0 Å². The van der Waals surface area contributed by atoms with E-state index in [4.69, 9.17) is 0 Å². The summed E-state index contributed by atoms with van der Waals surface area (Å²) < 4.78 is 39.3. The number of halogens is 3. The molecule has 0 unspecified atom stereocenters. The molecule has 1 N–H and O–H groups in total. The Morgan fingerprint density at radius 1 is 1.39 bits per heavy atom. The van der Waals surface area contributed by atoms with Crippen LogP contribution in [0, 0.1) is 6.92 Å². The van der Waals surface area contributed by atoms with E-state index in [1.54, 1.807) is 11.8 Å². The predicted molar refractivity (Wildman–Crippen MR) is 94.0 cm³/mol. The molecule has 1 saturated heterocycles. The minimum atomic E-state index is -4.48. The number of likely N-dealkylation sites (tertiary alicyclic amines) is 1. The Morgan fingerprint density at radius 3 is 2.82 bits per heavy atom. The van der Waals surface area contributed by atoms with Crippen LogP contribution in [0.3, 0.4) is 0 Å². The van der Waals surface area contributed by atoms with Gasteiger partial charge in [-0.3, -0.25) is 4.79 Å². The van der Waals surface area contributed by atoms with Gasteiger partial charge < -0.3 is 10.0 Å². The van der Waals surface area contributed by atoms with Gasteiger partial charge in [-0.15, -0.1) is 10.2 Å². The Balaban J connectivity index is 1.87. The van der Waals surface area contributed by atoms with Crippen LogP contribution in [0.5, 0.6) is 0 Å². The summed E-state index contributed by atoms with van der Waals surface area (Å²) in [5, 5.41) is 20.9. The van der Waals surface area contributed by atoms with E-state index in [9.17, 15) is 23.1 Å². The van der Waals surface area contributed by atoms with Crippen LogP contribution < -0.4 is 0 Å². The average molecular weight is 395 g/mol. The molecule has 7 nitrogen and oxygen atoms in total. The number of aliphatic hydroxyl groups excluding tert-OH is 1. The number of carbonyl (C=O) groups is 1. The number of benzene rings is 1. The molecular formula is C18H20F3N5O2. The third-order valence-corrected chi connectivity index (χ3v) is 4.61. The summed E-state index contributed by atoms with van der Waals surface area (Å²) in [7, 11) is 0. The number of hydrogen-bond donors (Lipinski definition) is 1. The third-order valence-electron chi connectivity index (χ3n) is 4.61. The van der Waals surface area contributed by atoms with Crippen molar-refractivity contribution in [3.8, 4) is 0 Å². The Labute approximate surface area is 159 Å². The van der Waals surface area contributed by atoms with Crippen LogP contribution >= 0.6 is 0 Å². The van der Waals surface area contributed by atoms with Gasteiger partial charge in [-0.1, -0.05) is 6.07 Å². The molecule has 0 radical (unpaired) electrons. The van der Waals surface area contributed by atoms with Gasteiger partial charge in [0.25, 0.3) is 0 Å². The minimum Gasteiger partial charge on any atom is -0.394 e. The molecule has 1 aromatic heterocycles. The van der Waals surface area contributed by atoms with Gasteiger partial charge in [-0.25, -0.2) is 0 Å². The van der Waals surface area contributed by atoms with Crippen molar-refractivity contribution in [2.75, 3.05) is 13.2 Å². The van der Waals surface area contributed by atoms with Crippen LogP contribution in [-0.4, -0.2) is 55.3 Å².